The molecule has 0 spiro atoms. The van der Waals surface area contributed by atoms with Gasteiger partial charge in [-0.3, -0.25) is 5.32 Å². The van der Waals surface area contributed by atoms with Gasteiger partial charge < -0.3 is 4.74 Å². The summed E-state index contributed by atoms with van der Waals surface area (Å²) in [5, 5.41) is 2.77. The molecule has 0 aromatic heterocycles. The minimum absolute atomic E-state index is 0.431. The number of methoxy groups -OCH3 is 1. The molecule has 1 aliphatic carbocycles. The van der Waals surface area contributed by atoms with E-state index in [1.807, 2.05) is 24.3 Å². The Morgan fingerprint density at radius 2 is 1.89 bits per heavy atom. The molecule has 1 aliphatic rings. The molecule has 0 unspecified atom stereocenters. The van der Waals surface area contributed by atoms with Crippen LogP contribution < -0.4 is 5.32 Å². The van der Waals surface area contributed by atoms with Crippen LogP contribution in [0.4, 0.5) is 10.5 Å². The van der Waals surface area contributed by atoms with Crippen molar-refractivity contribution in [1.29, 1.82) is 0 Å². The van der Waals surface area contributed by atoms with Gasteiger partial charge in [0.25, 0.3) is 0 Å². The maximum atomic E-state index is 11.3. The molecule has 0 saturated carbocycles. The Morgan fingerprint density at radius 3 is 2.72 bits per heavy atom. The topological polar surface area (TPSA) is 38.3 Å². The predicted molar refractivity (Wildman–Crippen MR) is 70.7 cm³/mol. The normalized spacial score (nSPS) is 11.6. The van der Waals surface area contributed by atoms with Crippen LogP contribution >= 0.6 is 0 Å². The van der Waals surface area contributed by atoms with E-state index in [1.54, 1.807) is 0 Å². The number of rotatable bonds is 1. The lowest BCUT2D eigenvalue weighted by molar-refractivity contribution is 0.187. The average Bonchev–Trinajstić information content (AvgIpc) is 2.78. The quantitative estimate of drug-likeness (QED) is 0.706. The smallest absolute Gasteiger partial charge is 0.411 e. The second kappa shape index (κ2) is 4.18. The molecular formula is C15H13NO2. The van der Waals surface area contributed by atoms with Crippen LogP contribution in [0, 0.1) is 0 Å². The van der Waals surface area contributed by atoms with Crippen molar-refractivity contribution in [2.75, 3.05) is 12.4 Å². The predicted octanol–water partition coefficient (Wildman–Crippen LogP) is 3.44. The highest BCUT2D eigenvalue weighted by atomic mass is 16.5. The summed E-state index contributed by atoms with van der Waals surface area (Å²) in [6, 6.07) is 14.3. The van der Waals surface area contributed by atoms with Gasteiger partial charge in [-0.2, -0.15) is 0 Å². The molecule has 1 amide bonds. The molecule has 0 fully saturated rings. The first-order chi connectivity index (χ1) is 8.79. The Balaban J connectivity index is 2.06. The summed E-state index contributed by atoms with van der Waals surface area (Å²) in [6.07, 6.45) is 0.422. The van der Waals surface area contributed by atoms with Crippen LogP contribution in [0.2, 0.25) is 0 Å². The highest BCUT2D eigenvalue weighted by molar-refractivity contribution is 5.90. The van der Waals surface area contributed by atoms with Crippen molar-refractivity contribution in [2.24, 2.45) is 0 Å². The molecule has 0 heterocycles. The van der Waals surface area contributed by atoms with Crippen molar-refractivity contribution in [2.45, 2.75) is 6.42 Å². The third kappa shape index (κ3) is 1.64. The van der Waals surface area contributed by atoms with Crippen molar-refractivity contribution in [3.8, 4) is 11.1 Å². The number of carbonyl (C=O) groups excluding carboxylic acids is 1. The Hall–Kier alpha value is -2.29. The van der Waals surface area contributed by atoms with Crippen LogP contribution in [0.15, 0.2) is 42.5 Å². The fourth-order valence-corrected chi connectivity index (χ4v) is 2.44. The van der Waals surface area contributed by atoms with E-state index in [1.165, 1.54) is 23.8 Å². The van der Waals surface area contributed by atoms with E-state index in [0.29, 0.717) is 0 Å². The molecule has 0 radical (unpaired) electrons. The SMILES string of the molecule is COC(=O)Nc1cccc2c1Cc1ccccc1-2. The number of anilines is 1. The lowest BCUT2D eigenvalue weighted by Gasteiger charge is -2.09. The largest absolute Gasteiger partial charge is 0.453 e. The number of fused-ring (bicyclic) bond motifs is 3. The Bertz CT molecular complexity index is 620. The van der Waals surface area contributed by atoms with Crippen molar-refractivity contribution in [3.05, 3.63) is 53.6 Å². The van der Waals surface area contributed by atoms with Crippen LogP contribution in [0.3, 0.4) is 0 Å². The molecule has 0 atom stereocenters. The molecule has 90 valence electrons. The van der Waals surface area contributed by atoms with Gasteiger partial charge in [0.15, 0.2) is 0 Å². The van der Waals surface area contributed by atoms with Gasteiger partial charge in [0.1, 0.15) is 0 Å². The van der Waals surface area contributed by atoms with Crippen molar-refractivity contribution < 1.29 is 9.53 Å². The lowest BCUT2D eigenvalue weighted by Crippen LogP contribution is -2.12. The summed E-state index contributed by atoms with van der Waals surface area (Å²) >= 11 is 0. The first-order valence-electron chi connectivity index (χ1n) is 5.84. The third-order valence-electron chi connectivity index (χ3n) is 3.27. The standard InChI is InChI=1S/C15H13NO2/c1-18-15(17)16-14-8-4-7-12-11-6-3-2-5-10(11)9-13(12)14/h2-8H,9H2,1H3,(H,16,17). The molecule has 18 heavy (non-hydrogen) atoms. The van der Waals surface area contributed by atoms with Crippen molar-refractivity contribution in [3.63, 3.8) is 0 Å². The molecule has 0 aliphatic heterocycles. The Kier molecular flexibility index (Phi) is 2.52. The number of hydrogen-bond acceptors (Lipinski definition) is 2. The van der Waals surface area contributed by atoms with Gasteiger partial charge in [-0.25, -0.2) is 4.79 Å². The van der Waals surface area contributed by atoms with Crippen LogP contribution in [-0.4, -0.2) is 13.2 Å². The third-order valence-corrected chi connectivity index (χ3v) is 3.27. The van der Waals surface area contributed by atoms with Gasteiger partial charge in [0.05, 0.1) is 7.11 Å². The molecule has 2 aromatic rings. The molecular weight excluding hydrogens is 226 g/mol. The van der Waals surface area contributed by atoms with Gasteiger partial charge >= 0.3 is 6.09 Å². The van der Waals surface area contributed by atoms with Crippen molar-refractivity contribution >= 4 is 11.8 Å². The van der Waals surface area contributed by atoms with Crippen molar-refractivity contribution in [1.82, 2.24) is 0 Å². The van der Waals surface area contributed by atoms with Gasteiger partial charge in [-0.1, -0.05) is 36.4 Å². The zero-order valence-corrected chi connectivity index (χ0v) is 10.1. The van der Waals surface area contributed by atoms with E-state index in [0.717, 1.165) is 17.7 Å². The number of amides is 1. The molecule has 3 nitrogen and oxygen atoms in total. The van der Waals surface area contributed by atoms with Crippen LogP contribution in [-0.2, 0) is 11.2 Å². The summed E-state index contributed by atoms with van der Waals surface area (Å²) in [4.78, 5) is 11.3. The van der Waals surface area contributed by atoms with E-state index >= 15 is 0 Å². The van der Waals surface area contributed by atoms with E-state index in [-0.39, 0.29) is 0 Å². The zero-order valence-electron chi connectivity index (χ0n) is 10.1. The summed E-state index contributed by atoms with van der Waals surface area (Å²) < 4.78 is 4.64. The highest BCUT2D eigenvalue weighted by Gasteiger charge is 2.21. The zero-order chi connectivity index (χ0) is 12.5. The number of nitrogens with one attached hydrogen (secondary N) is 1. The Morgan fingerprint density at radius 1 is 1.11 bits per heavy atom. The minimum Gasteiger partial charge on any atom is -0.453 e. The minimum atomic E-state index is -0.431. The van der Waals surface area contributed by atoms with Crippen LogP contribution in [0.25, 0.3) is 11.1 Å². The number of carbonyl (C=O) groups is 1. The molecule has 3 rings (SSSR count). The molecule has 2 aromatic carbocycles. The summed E-state index contributed by atoms with van der Waals surface area (Å²) in [7, 11) is 1.37. The van der Waals surface area contributed by atoms with E-state index < -0.39 is 6.09 Å². The number of hydrogen-bond donors (Lipinski definition) is 1. The van der Waals surface area contributed by atoms with Gasteiger partial charge in [-0.15, -0.1) is 0 Å². The Labute approximate surface area is 105 Å². The van der Waals surface area contributed by atoms with E-state index in [4.69, 9.17) is 0 Å². The van der Waals surface area contributed by atoms with Gasteiger partial charge in [0.2, 0.25) is 0 Å². The van der Waals surface area contributed by atoms with Crippen LogP contribution in [0.5, 0.6) is 0 Å². The molecule has 3 heteroatoms. The van der Waals surface area contributed by atoms with Gasteiger partial charge in [0, 0.05) is 12.1 Å². The summed E-state index contributed by atoms with van der Waals surface area (Å²) in [5.74, 6) is 0. The lowest BCUT2D eigenvalue weighted by atomic mass is 10.1. The first kappa shape index (κ1) is 10.8. The highest BCUT2D eigenvalue weighted by Crippen LogP contribution is 2.39. The second-order valence-electron chi connectivity index (χ2n) is 4.28. The fraction of sp³-hybridized carbons (Fsp3) is 0.133. The first-order valence-corrected chi connectivity index (χ1v) is 5.84. The summed E-state index contributed by atoms with van der Waals surface area (Å²) in [5.41, 5.74) is 5.73. The molecule has 1 N–H and O–H groups in total. The second-order valence-corrected chi connectivity index (χ2v) is 4.28. The average molecular weight is 239 g/mol. The van der Waals surface area contributed by atoms with E-state index in [2.05, 4.69) is 28.3 Å². The molecule has 0 saturated heterocycles. The van der Waals surface area contributed by atoms with Gasteiger partial charge in [-0.05, 0) is 28.3 Å². The van der Waals surface area contributed by atoms with Crippen LogP contribution in [0.1, 0.15) is 11.1 Å². The monoisotopic (exact) mass is 239 g/mol. The maximum absolute atomic E-state index is 11.3. The summed E-state index contributed by atoms with van der Waals surface area (Å²) in [6.45, 7) is 0. The fourth-order valence-electron chi connectivity index (χ4n) is 2.44. The molecule has 0 bridgehead atoms. The maximum Gasteiger partial charge on any atom is 0.411 e. The number of benzene rings is 2. The number of ether oxygens (including phenoxy) is 1. The van der Waals surface area contributed by atoms with E-state index in [9.17, 15) is 4.79 Å².